The van der Waals surface area contributed by atoms with Gasteiger partial charge >= 0.3 is 6.09 Å². The Labute approximate surface area is 146 Å². The van der Waals surface area contributed by atoms with E-state index in [1.807, 2.05) is 0 Å². The lowest BCUT2D eigenvalue weighted by atomic mass is 9.88. The smallest absolute Gasteiger partial charge is 0.408 e. The Morgan fingerprint density at radius 3 is 2.45 bits per heavy atom. The van der Waals surface area contributed by atoms with E-state index in [0.717, 1.165) is 0 Å². The van der Waals surface area contributed by atoms with Gasteiger partial charge in [-0.15, -0.1) is 0 Å². The first-order valence-corrected chi connectivity index (χ1v) is 7.44. The summed E-state index contributed by atoms with van der Waals surface area (Å²) in [7, 11) is 0. The zero-order chi connectivity index (χ0) is 16.3. The van der Waals surface area contributed by atoms with Crippen molar-refractivity contribution < 1.29 is 19.0 Å². The molecular weight excluding hydrogens is 373 g/mol. The molecule has 2 N–H and O–H groups in total. The van der Waals surface area contributed by atoms with E-state index in [1.54, 1.807) is 39.8 Å². The van der Waals surface area contributed by atoms with Crippen LogP contribution < -0.4 is 5.32 Å². The van der Waals surface area contributed by atoms with E-state index in [2.05, 4.69) is 21.2 Å². The summed E-state index contributed by atoms with van der Waals surface area (Å²) in [5.74, 6) is -0.454. The summed E-state index contributed by atoms with van der Waals surface area (Å²) in [6.45, 7) is 6.69. The Morgan fingerprint density at radius 2 is 1.95 bits per heavy atom. The lowest BCUT2D eigenvalue weighted by Gasteiger charge is -2.32. The summed E-state index contributed by atoms with van der Waals surface area (Å²) in [4.78, 5) is 12.0. The zero-order valence-corrected chi connectivity index (χ0v) is 15.8. The number of hydrogen-bond acceptors (Lipinski definition) is 3. The van der Waals surface area contributed by atoms with Crippen molar-refractivity contribution in [3.63, 3.8) is 0 Å². The average molecular weight is 396 g/mol. The number of alkyl carbamates (subject to hydrolysis) is 1. The van der Waals surface area contributed by atoms with E-state index < -0.39 is 23.1 Å². The van der Waals surface area contributed by atoms with Crippen LogP contribution in [0.25, 0.3) is 0 Å². The first kappa shape index (κ1) is 21.2. The van der Waals surface area contributed by atoms with Gasteiger partial charge in [-0.2, -0.15) is 13.5 Å². The van der Waals surface area contributed by atoms with Crippen LogP contribution >= 0.6 is 29.4 Å². The van der Waals surface area contributed by atoms with Crippen molar-refractivity contribution in [2.45, 2.75) is 45.3 Å². The van der Waals surface area contributed by atoms with E-state index in [0.29, 0.717) is 4.47 Å². The molecule has 0 radical (unpaired) electrons. The number of ether oxygens (including phenoxy) is 1. The van der Waals surface area contributed by atoms with Gasteiger partial charge in [0.2, 0.25) is 0 Å². The molecule has 0 spiro atoms. The quantitative estimate of drug-likeness (QED) is 0.814. The number of amides is 1. The van der Waals surface area contributed by atoms with E-state index in [1.165, 1.54) is 6.07 Å². The lowest BCUT2D eigenvalue weighted by molar-refractivity contribution is 0.0443. The van der Waals surface area contributed by atoms with Crippen LogP contribution in [0.1, 0.15) is 39.7 Å². The predicted molar refractivity (Wildman–Crippen MR) is 92.9 cm³/mol. The third-order valence-electron chi connectivity index (χ3n) is 2.91. The molecule has 0 unspecified atom stereocenters. The third kappa shape index (κ3) is 6.14. The van der Waals surface area contributed by atoms with Gasteiger partial charge in [0, 0.05) is 16.6 Å². The number of aliphatic hydroxyl groups excluding tert-OH is 1. The highest BCUT2D eigenvalue weighted by Gasteiger charge is 2.33. The molecule has 7 heteroatoms. The fourth-order valence-electron chi connectivity index (χ4n) is 1.94. The highest BCUT2D eigenvalue weighted by molar-refractivity contribution is 9.10. The molecule has 0 aromatic heterocycles. The molecule has 0 heterocycles. The van der Waals surface area contributed by atoms with Gasteiger partial charge in [0.15, 0.2) is 0 Å². The summed E-state index contributed by atoms with van der Waals surface area (Å²) in [6, 6.07) is 4.47. The van der Waals surface area contributed by atoms with Gasteiger partial charge in [-0.25, -0.2) is 9.18 Å². The maximum atomic E-state index is 14.1. The van der Waals surface area contributed by atoms with Gasteiger partial charge in [-0.05, 0) is 52.3 Å². The van der Waals surface area contributed by atoms with E-state index in [9.17, 15) is 14.3 Å². The normalized spacial score (nSPS) is 13.8. The SMILES string of the molecule is CC(C)(C)OC(=O)N[C@@](C)(CCO)c1cc(Br)ccc1F.S. The van der Waals surface area contributed by atoms with Crippen molar-refractivity contribution >= 4 is 35.5 Å². The summed E-state index contributed by atoms with van der Waals surface area (Å²) in [5.41, 5.74) is -1.43. The van der Waals surface area contributed by atoms with Crippen molar-refractivity contribution in [3.05, 3.63) is 34.1 Å². The Kier molecular flexibility index (Phi) is 7.88. The van der Waals surface area contributed by atoms with Crippen LogP contribution in [0.2, 0.25) is 0 Å². The number of halogens is 2. The molecular formula is C15H23BrFNO3S. The number of aliphatic hydroxyl groups is 1. The van der Waals surface area contributed by atoms with Crippen LogP contribution in [-0.4, -0.2) is 23.4 Å². The van der Waals surface area contributed by atoms with Crippen LogP contribution in [-0.2, 0) is 10.3 Å². The number of carbonyl (C=O) groups excluding carboxylic acids is 1. The van der Waals surface area contributed by atoms with Gasteiger partial charge in [0.05, 0.1) is 5.54 Å². The molecule has 0 fully saturated rings. The Morgan fingerprint density at radius 1 is 1.36 bits per heavy atom. The molecule has 1 aromatic rings. The van der Waals surface area contributed by atoms with Crippen LogP contribution in [0, 0.1) is 5.82 Å². The fourth-order valence-corrected chi connectivity index (χ4v) is 2.30. The van der Waals surface area contributed by atoms with Gasteiger partial charge < -0.3 is 15.2 Å². The molecule has 0 saturated heterocycles. The molecule has 0 aliphatic rings. The van der Waals surface area contributed by atoms with E-state index >= 15 is 0 Å². The Hall–Kier alpha value is -0.790. The van der Waals surface area contributed by atoms with E-state index in [4.69, 9.17) is 4.74 Å². The van der Waals surface area contributed by atoms with Gasteiger partial charge in [0.25, 0.3) is 0 Å². The zero-order valence-electron chi connectivity index (χ0n) is 13.2. The molecule has 0 saturated carbocycles. The summed E-state index contributed by atoms with van der Waals surface area (Å²) >= 11 is 3.28. The largest absolute Gasteiger partial charge is 0.444 e. The molecule has 126 valence electrons. The molecule has 0 bridgehead atoms. The van der Waals surface area contributed by atoms with Crippen LogP contribution in [0.3, 0.4) is 0 Å². The molecule has 1 atom stereocenters. The van der Waals surface area contributed by atoms with Crippen molar-refractivity contribution in [2.24, 2.45) is 0 Å². The fraction of sp³-hybridized carbons (Fsp3) is 0.533. The standard InChI is InChI=1S/C15H21BrFNO3.H2S/c1-14(2,3)21-13(20)18-15(4,7-8-19)11-9-10(16)5-6-12(11)17;/h5-6,9,19H,7-8H2,1-4H3,(H,18,20);1H2/t15-;/m0./s1. The number of hydrogen-bond donors (Lipinski definition) is 2. The van der Waals surface area contributed by atoms with E-state index in [-0.39, 0.29) is 32.1 Å². The summed E-state index contributed by atoms with van der Waals surface area (Å²) < 4.78 is 20.0. The number of rotatable bonds is 4. The molecule has 1 amide bonds. The predicted octanol–water partition coefficient (Wildman–Crippen LogP) is 3.82. The summed E-state index contributed by atoms with van der Waals surface area (Å²) in [5, 5.41) is 11.9. The monoisotopic (exact) mass is 395 g/mol. The first-order valence-electron chi connectivity index (χ1n) is 6.65. The van der Waals surface area contributed by atoms with Crippen molar-refractivity contribution in [1.29, 1.82) is 0 Å². The van der Waals surface area contributed by atoms with Crippen LogP contribution in [0.4, 0.5) is 9.18 Å². The maximum absolute atomic E-state index is 14.1. The molecule has 0 aliphatic carbocycles. The number of benzene rings is 1. The summed E-state index contributed by atoms with van der Waals surface area (Å²) in [6.07, 6.45) is -0.489. The molecule has 22 heavy (non-hydrogen) atoms. The maximum Gasteiger partial charge on any atom is 0.408 e. The second kappa shape index (κ2) is 8.17. The second-order valence-corrected chi connectivity index (χ2v) is 6.97. The van der Waals surface area contributed by atoms with Crippen LogP contribution in [0.15, 0.2) is 22.7 Å². The minimum Gasteiger partial charge on any atom is -0.444 e. The number of nitrogens with one attached hydrogen (secondary N) is 1. The Bertz CT molecular complexity index is 522. The lowest BCUT2D eigenvalue weighted by Crippen LogP contribution is -2.46. The van der Waals surface area contributed by atoms with Gasteiger partial charge in [-0.3, -0.25) is 0 Å². The molecule has 0 aliphatic heterocycles. The number of carbonyl (C=O) groups is 1. The molecule has 1 rings (SSSR count). The molecule has 1 aromatic carbocycles. The van der Waals surface area contributed by atoms with Crippen LogP contribution in [0.5, 0.6) is 0 Å². The van der Waals surface area contributed by atoms with Gasteiger partial charge in [-0.1, -0.05) is 15.9 Å². The van der Waals surface area contributed by atoms with Crippen molar-refractivity contribution in [1.82, 2.24) is 5.32 Å². The third-order valence-corrected chi connectivity index (χ3v) is 3.40. The van der Waals surface area contributed by atoms with Crippen molar-refractivity contribution in [2.75, 3.05) is 6.61 Å². The Balaban J connectivity index is 0.00000441. The minimum absolute atomic E-state index is 0. The highest BCUT2D eigenvalue weighted by Crippen LogP contribution is 2.30. The average Bonchev–Trinajstić information content (AvgIpc) is 2.29. The first-order chi connectivity index (χ1) is 9.57. The molecule has 4 nitrogen and oxygen atoms in total. The topological polar surface area (TPSA) is 58.6 Å². The minimum atomic E-state index is -1.06. The van der Waals surface area contributed by atoms with Crippen molar-refractivity contribution in [3.8, 4) is 0 Å². The van der Waals surface area contributed by atoms with Gasteiger partial charge in [0.1, 0.15) is 11.4 Å². The second-order valence-electron chi connectivity index (χ2n) is 6.06. The highest BCUT2D eigenvalue weighted by atomic mass is 79.9.